The lowest BCUT2D eigenvalue weighted by Crippen LogP contribution is -2.49. The van der Waals surface area contributed by atoms with Crippen LogP contribution in [0.2, 0.25) is 10.0 Å². The number of fused-ring (bicyclic) bond motifs is 1. The first-order valence-corrected chi connectivity index (χ1v) is 16.0. The molecule has 1 aromatic carbocycles. The zero-order chi connectivity index (χ0) is 33.0. The van der Waals surface area contributed by atoms with E-state index in [1.54, 1.807) is 27.8 Å². The molecule has 2 aliphatic rings. The Morgan fingerprint density at radius 3 is 2.35 bits per heavy atom. The Hall–Kier alpha value is -3.93. The maximum Gasteiger partial charge on any atom is 0.260 e. The Kier molecular flexibility index (Phi) is 10.7. The number of carbonyl (C=O) groups is 2. The number of rotatable bonds is 12. The van der Waals surface area contributed by atoms with Crippen molar-refractivity contribution in [2.45, 2.75) is 38.3 Å². The van der Waals surface area contributed by atoms with Gasteiger partial charge in [-0.3, -0.25) is 23.9 Å². The molecule has 1 aliphatic heterocycles. The van der Waals surface area contributed by atoms with Gasteiger partial charge in [0.05, 0.1) is 29.8 Å². The van der Waals surface area contributed by atoms with E-state index in [9.17, 15) is 14.4 Å². The van der Waals surface area contributed by atoms with Crippen LogP contribution in [0.4, 0.5) is 5.95 Å². The number of ketones is 1. The normalized spacial score (nSPS) is 18.4. The van der Waals surface area contributed by atoms with Gasteiger partial charge in [-0.2, -0.15) is 4.98 Å². The maximum absolute atomic E-state index is 14.4. The van der Waals surface area contributed by atoms with E-state index in [-0.39, 0.29) is 44.8 Å². The molecule has 3 heterocycles. The van der Waals surface area contributed by atoms with Crippen molar-refractivity contribution in [2.24, 2.45) is 5.92 Å². The minimum absolute atomic E-state index is 0.0145. The number of anilines is 1. The molecule has 1 N–H and O–H groups in total. The second-order valence-corrected chi connectivity index (χ2v) is 12.2. The number of nitrogens with zero attached hydrogens (tertiary/aromatic N) is 5. The topological polar surface area (TPSA) is 119 Å². The number of hydrogen-bond acceptors (Lipinski definition) is 9. The monoisotopic (exact) mass is 668 g/mol. The summed E-state index contributed by atoms with van der Waals surface area (Å²) < 4.78 is 12.5. The van der Waals surface area contributed by atoms with Crippen LogP contribution in [0.15, 0.2) is 48.4 Å². The number of methoxy groups -OCH3 is 2. The molecule has 2 fully saturated rings. The van der Waals surface area contributed by atoms with Gasteiger partial charge in [-0.05, 0) is 37.0 Å². The maximum atomic E-state index is 14.4. The minimum atomic E-state index is -0.341. The van der Waals surface area contributed by atoms with Gasteiger partial charge < -0.3 is 19.7 Å². The van der Waals surface area contributed by atoms with Crippen LogP contribution in [-0.4, -0.2) is 89.0 Å². The van der Waals surface area contributed by atoms with Crippen LogP contribution in [0.1, 0.15) is 25.7 Å². The zero-order valence-electron chi connectivity index (χ0n) is 26.1. The summed E-state index contributed by atoms with van der Waals surface area (Å²) in [6, 6.07) is 3.28. The van der Waals surface area contributed by atoms with E-state index < -0.39 is 0 Å². The van der Waals surface area contributed by atoms with Crippen molar-refractivity contribution < 1.29 is 19.1 Å². The molecule has 0 spiro atoms. The van der Waals surface area contributed by atoms with Gasteiger partial charge in [0, 0.05) is 74.9 Å². The number of carbonyl (C=O) groups excluding carboxylic acids is 2. The van der Waals surface area contributed by atoms with E-state index in [2.05, 4.69) is 28.4 Å². The van der Waals surface area contributed by atoms with Gasteiger partial charge in [-0.1, -0.05) is 42.8 Å². The van der Waals surface area contributed by atoms with Crippen molar-refractivity contribution in [3.05, 3.63) is 64.0 Å². The molecule has 1 amide bonds. The van der Waals surface area contributed by atoms with Gasteiger partial charge in [0.15, 0.2) is 5.78 Å². The molecule has 1 aliphatic carbocycles. The first-order valence-electron chi connectivity index (χ1n) is 15.2. The molecule has 46 heavy (non-hydrogen) atoms. The van der Waals surface area contributed by atoms with E-state index >= 15 is 0 Å². The Morgan fingerprint density at radius 1 is 1.02 bits per heavy atom. The molecule has 5 rings (SSSR count). The molecule has 0 radical (unpaired) electrons. The predicted molar refractivity (Wildman–Crippen MR) is 180 cm³/mol. The highest BCUT2D eigenvalue weighted by Gasteiger charge is 2.30. The SMILES string of the molecule is C=CC(=O)CC1CCCC1Nc1ncc2cc(-c3c(Cl)c(OC)cc(OC)c3Cl)c(=O)n(CCN3CCN(C(=O)C=C)CC3)c2n1. The number of halogens is 2. The third-order valence-corrected chi connectivity index (χ3v) is 9.58. The van der Waals surface area contributed by atoms with Crippen LogP contribution in [0.25, 0.3) is 22.2 Å². The van der Waals surface area contributed by atoms with Gasteiger partial charge >= 0.3 is 0 Å². The molecule has 2 aromatic heterocycles. The zero-order valence-corrected chi connectivity index (χ0v) is 27.6. The number of nitrogens with one attached hydrogen (secondary N) is 1. The minimum Gasteiger partial charge on any atom is -0.495 e. The Labute approximate surface area is 277 Å². The third-order valence-electron chi connectivity index (χ3n) is 8.83. The lowest BCUT2D eigenvalue weighted by molar-refractivity contribution is -0.127. The number of aromatic nitrogens is 3. The molecule has 1 saturated carbocycles. The quantitative estimate of drug-likeness (QED) is 0.271. The molecule has 1 saturated heterocycles. The fourth-order valence-corrected chi connectivity index (χ4v) is 6.98. The highest BCUT2D eigenvalue weighted by Crippen LogP contribution is 2.45. The van der Waals surface area contributed by atoms with Crippen molar-refractivity contribution in [2.75, 3.05) is 52.3 Å². The van der Waals surface area contributed by atoms with Gasteiger partial charge in [0.1, 0.15) is 17.1 Å². The third kappa shape index (κ3) is 6.91. The average Bonchev–Trinajstić information content (AvgIpc) is 3.50. The van der Waals surface area contributed by atoms with Crippen molar-refractivity contribution in [1.82, 2.24) is 24.3 Å². The van der Waals surface area contributed by atoms with Gasteiger partial charge in [0.25, 0.3) is 5.56 Å². The molecule has 13 heteroatoms. The number of allylic oxidation sites excluding steroid dienone is 1. The number of amides is 1. The summed E-state index contributed by atoms with van der Waals surface area (Å²) in [7, 11) is 2.95. The van der Waals surface area contributed by atoms with E-state index in [1.807, 2.05) is 0 Å². The molecular formula is C33H38Cl2N6O5. The fourth-order valence-electron chi connectivity index (χ4n) is 6.28. The smallest absolute Gasteiger partial charge is 0.260 e. The number of pyridine rings is 1. The average molecular weight is 670 g/mol. The second kappa shape index (κ2) is 14.7. The van der Waals surface area contributed by atoms with Crippen LogP contribution in [-0.2, 0) is 16.1 Å². The summed E-state index contributed by atoms with van der Waals surface area (Å²) in [4.78, 5) is 51.9. The molecule has 11 nitrogen and oxygen atoms in total. The van der Waals surface area contributed by atoms with Crippen LogP contribution >= 0.6 is 23.2 Å². The number of piperazine rings is 1. The van der Waals surface area contributed by atoms with Crippen molar-refractivity contribution >= 4 is 51.9 Å². The number of ether oxygens (including phenoxy) is 2. The first kappa shape index (κ1) is 33.4. The number of hydrogen-bond donors (Lipinski definition) is 1. The predicted octanol–water partition coefficient (Wildman–Crippen LogP) is 4.84. The molecule has 2 unspecified atom stereocenters. The number of benzene rings is 1. The fraction of sp³-hybridized carbons (Fsp3) is 0.424. The van der Waals surface area contributed by atoms with Gasteiger partial charge in [0.2, 0.25) is 11.9 Å². The molecule has 244 valence electrons. The van der Waals surface area contributed by atoms with Crippen molar-refractivity contribution in [1.29, 1.82) is 0 Å². The molecule has 3 aromatic rings. The van der Waals surface area contributed by atoms with Gasteiger partial charge in [-0.15, -0.1) is 0 Å². The van der Waals surface area contributed by atoms with E-state index in [0.717, 1.165) is 19.3 Å². The largest absolute Gasteiger partial charge is 0.495 e. The highest BCUT2D eigenvalue weighted by molar-refractivity contribution is 6.41. The summed E-state index contributed by atoms with van der Waals surface area (Å²) in [6.07, 6.45) is 7.58. The van der Waals surface area contributed by atoms with Crippen LogP contribution in [0, 0.1) is 5.92 Å². The molecular weight excluding hydrogens is 631 g/mol. The Balaban J connectivity index is 1.54. The molecule has 0 bridgehead atoms. The lowest BCUT2D eigenvalue weighted by Gasteiger charge is -2.34. The summed E-state index contributed by atoms with van der Waals surface area (Å²) >= 11 is 13.5. The van der Waals surface area contributed by atoms with E-state index in [0.29, 0.717) is 79.7 Å². The lowest BCUT2D eigenvalue weighted by atomic mass is 9.97. The van der Waals surface area contributed by atoms with Crippen molar-refractivity contribution in [3.63, 3.8) is 0 Å². The first-order chi connectivity index (χ1) is 22.2. The van der Waals surface area contributed by atoms with E-state index in [1.165, 1.54) is 26.4 Å². The highest BCUT2D eigenvalue weighted by atomic mass is 35.5. The summed E-state index contributed by atoms with van der Waals surface area (Å²) in [5.74, 6) is 1.08. The summed E-state index contributed by atoms with van der Waals surface area (Å²) in [6.45, 7) is 10.5. The van der Waals surface area contributed by atoms with Crippen LogP contribution < -0.4 is 20.3 Å². The van der Waals surface area contributed by atoms with Gasteiger partial charge in [-0.25, -0.2) is 4.98 Å². The summed E-state index contributed by atoms with van der Waals surface area (Å²) in [5, 5.41) is 4.40. The Morgan fingerprint density at radius 2 is 1.72 bits per heavy atom. The van der Waals surface area contributed by atoms with Crippen LogP contribution in [0.3, 0.4) is 0 Å². The Bertz CT molecular complexity index is 1690. The van der Waals surface area contributed by atoms with E-state index in [4.69, 9.17) is 37.7 Å². The van der Waals surface area contributed by atoms with Crippen LogP contribution in [0.5, 0.6) is 11.5 Å². The standard InChI is InChI=1S/C33H38Cl2N6O5/c1-5-22(42)16-20-8-7-9-24(20)37-33-36-19-21-17-23(28-29(34)25(45-3)18-26(46-4)30(28)35)32(44)41(31(21)38-33)15-12-39-10-13-40(14-11-39)27(43)6-2/h5-6,17-20,24H,1-2,7-16H2,3-4H3,(H,36,37,38). The molecule has 2 atom stereocenters. The van der Waals surface area contributed by atoms with Crippen molar-refractivity contribution in [3.8, 4) is 22.6 Å². The second-order valence-electron chi connectivity index (χ2n) is 11.5. The summed E-state index contributed by atoms with van der Waals surface area (Å²) in [5.41, 5.74) is 0.654.